The molecule has 0 N–H and O–H groups in total. The molecule has 0 radical (unpaired) electrons. The van der Waals surface area contributed by atoms with Crippen molar-refractivity contribution < 1.29 is 18.8 Å². The number of halogens is 1. The van der Waals surface area contributed by atoms with E-state index in [9.17, 15) is 9.18 Å². The van der Waals surface area contributed by atoms with E-state index >= 15 is 0 Å². The highest BCUT2D eigenvalue weighted by molar-refractivity contribution is 5.79. The second-order valence-corrected chi connectivity index (χ2v) is 3.14. The first kappa shape index (κ1) is 13.2. The maximum Gasteiger partial charge on any atom is 0.309 e. The zero-order valence-corrected chi connectivity index (χ0v) is 9.56. The minimum atomic E-state index is -0.370. The minimum Gasteiger partial charge on any atom is -0.466 e. The predicted octanol–water partition coefficient (Wildman–Crippen LogP) is 2.13. The number of ether oxygens (including phenoxy) is 1. The van der Waals surface area contributed by atoms with E-state index in [0.29, 0.717) is 12.2 Å². The Morgan fingerprint density at radius 3 is 2.94 bits per heavy atom. The lowest BCUT2D eigenvalue weighted by molar-refractivity contribution is -0.144. The van der Waals surface area contributed by atoms with Gasteiger partial charge in [0, 0.05) is 5.56 Å². The maximum atomic E-state index is 13.1. The lowest BCUT2D eigenvalue weighted by atomic mass is 10.2. The standard InChI is InChI=1S/C12H14FNO3/c1-2-16-12(15)7-8-17-14-9-10-5-3-4-6-11(10)13/h3-6,9H,2,7-8H2,1H3/b14-9+. The summed E-state index contributed by atoms with van der Waals surface area (Å²) in [6.45, 7) is 2.19. The lowest BCUT2D eigenvalue weighted by Crippen LogP contribution is -2.06. The Balaban J connectivity index is 2.27. The first-order valence-electron chi connectivity index (χ1n) is 5.29. The topological polar surface area (TPSA) is 47.9 Å². The van der Waals surface area contributed by atoms with Crippen molar-refractivity contribution in [2.45, 2.75) is 13.3 Å². The van der Waals surface area contributed by atoms with E-state index in [2.05, 4.69) is 5.16 Å². The van der Waals surface area contributed by atoms with Gasteiger partial charge in [-0.05, 0) is 13.0 Å². The molecule has 5 heteroatoms. The molecule has 0 heterocycles. The minimum absolute atomic E-state index is 0.115. The Bertz CT molecular complexity index is 393. The van der Waals surface area contributed by atoms with Gasteiger partial charge in [0.25, 0.3) is 0 Å². The Labute approximate surface area is 99.0 Å². The number of benzene rings is 1. The Morgan fingerprint density at radius 2 is 2.24 bits per heavy atom. The smallest absolute Gasteiger partial charge is 0.309 e. The second-order valence-electron chi connectivity index (χ2n) is 3.14. The van der Waals surface area contributed by atoms with Gasteiger partial charge in [-0.2, -0.15) is 0 Å². The summed E-state index contributed by atoms with van der Waals surface area (Å²) in [5, 5.41) is 3.56. The van der Waals surface area contributed by atoms with Gasteiger partial charge in [0.2, 0.25) is 0 Å². The highest BCUT2D eigenvalue weighted by atomic mass is 19.1. The molecule has 0 fully saturated rings. The monoisotopic (exact) mass is 239 g/mol. The summed E-state index contributed by atoms with van der Waals surface area (Å²) in [4.78, 5) is 15.7. The van der Waals surface area contributed by atoms with E-state index < -0.39 is 0 Å². The van der Waals surface area contributed by atoms with Gasteiger partial charge >= 0.3 is 5.97 Å². The van der Waals surface area contributed by atoms with Crippen LogP contribution in [0.2, 0.25) is 0 Å². The van der Waals surface area contributed by atoms with Crippen molar-refractivity contribution >= 4 is 12.2 Å². The van der Waals surface area contributed by atoms with Crippen molar-refractivity contribution in [1.29, 1.82) is 0 Å². The SMILES string of the molecule is CCOC(=O)CCO/N=C/c1ccccc1F. The average molecular weight is 239 g/mol. The molecular formula is C12H14FNO3. The molecule has 0 atom stereocenters. The first-order valence-corrected chi connectivity index (χ1v) is 5.29. The van der Waals surface area contributed by atoms with Crippen LogP contribution in [-0.2, 0) is 14.4 Å². The van der Waals surface area contributed by atoms with Crippen molar-refractivity contribution in [3.8, 4) is 0 Å². The largest absolute Gasteiger partial charge is 0.466 e. The average Bonchev–Trinajstić information content (AvgIpc) is 2.31. The molecule has 1 aromatic carbocycles. The number of rotatable bonds is 6. The molecule has 0 aromatic heterocycles. The number of hydrogen-bond donors (Lipinski definition) is 0. The van der Waals surface area contributed by atoms with E-state index in [1.165, 1.54) is 12.3 Å². The van der Waals surface area contributed by atoms with Gasteiger partial charge in [-0.25, -0.2) is 4.39 Å². The normalized spacial score (nSPS) is 10.5. The molecule has 0 saturated carbocycles. The third-order valence-electron chi connectivity index (χ3n) is 1.87. The van der Waals surface area contributed by atoms with Crippen molar-refractivity contribution in [2.24, 2.45) is 5.16 Å². The van der Waals surface area contributed by atoms with Crippen molar-refractivity contribution in [3.05, 3.63) is 35.6 Å². The van der Waals surface area contributed by atoms with Crippen LogP contribution in [-0.4, -0.2) is 25.4 Å². The highest BCUT2D eigenvalue weighted by Crippen LogP contribution is 2.02. The fraction of sp³-hybridized carbons (Fsp3) is 0.333. The molecule has 0 saturated heterocycles. The number of esters is 1. The van der Waals surface area contributed by atoms with Gasteiger partial charge < -0.3 is 9.57 Å². The van der Waals surface area contributed by atoms with Gasteiger partial charge in [0.15, 0.2) is 0 Å². The van der Waals surface area contributed by atoms with E-state index in [-0.39, 0.29) is 24.8 Å². The number of carbonyl (C=O) groups excluding carboxylic acids is 1. The Hall–Kier alpha value is -1.91. The number of nitrogens with zero attached hydrogens (tertiary/aromatic N) is 1. The van der Waals surface area contributed by atoms with Crippen LogP contribution < -0.4 is 0 Å². The van der Waals surface area contributed by atoms with Gasteiger partial charge in [-0.15, -0.1) is 0 Å². The summed E-state index contributed by atoms with van der Waals surface area (Å²) < 4.78 is 17.8. The Morgan fingerprint density at radius 1 is 1.47 bits per heavy atom. The predicted molar refractivity (Wildman–Crippen MR) is 61.2 cm³/mol. The molecule has 1 aromatic rings. The summed E-state index contributed by atoms with van der Waals surface area (Å²) in [6, 6.07) is 6.20. The van der Waals surface area contributed by atoms with E-state index in [1.807, 2.05) is 0 Å². The summed E-state index contributed by atoms with van der Waals surface area (Å²) >= 11 is 0. The quantitative estimate of drug-likeness (QED) is 0.330. The molecule has 17 heavy (non-hydrogen) atoms. The fourth-order valence-electron chi connectivity index (χ4n) is 1.09. The molecule has 0 aliphatic heterocycles. The van der Waals surface area contributed by atoms with Gasteiger partial charge in [-0.1, -0.05) is 23.4 Å². The molecule has 0 amide bonds. The van der Waals surface area contributed by atoms with Crippen molar-refractivity contribution in [1.82, 2.24) is 0 Å². The lowest BCUT2D eigenvalue weighted by Gasteiger charge is -2.00. The van der Waals surface area contributed by atoms with E-state index in [0.717, 1.165) is 0 Å². The van der Waals surface area contributed by atoms with Crippen LogP contribution >= 0.6 is 0 Å². The van der Waals surface area contributed by atoms with Crippen LogP contribution in [0.5, 0.6) is 0 Å². The molecule has 4 nitrogen and oxygen atoms in total. The summed E-state index contributed by atoms with van der Waals surface area (Å²) in [7, 11) is 0. The number of oxime groups is 1. The molecule has 1 rings (SSSR count). The zero-order valence-electron chi connectivity index (χ0n) is 9.56. The summed E-state index contributed by atoms with van der Waals surface area (Å²) in [5.74, 6) is -0.709. The van der Waals surface area contributed by atoms with E-state index in [4.69, 9.17) is 9.57 Å². The van der Waals surface area contributed by atoms with Crippen LogP contribution in [0.3, 0.4) is 0 Å². The molecule has 0 unspecified atom stereocenters. The van der Waals surface area contributed by atoms with Gasteiger partial charge in [0.05, 0.1) is 19.2 Å². The molecule has 0 bridgehead atoms. The maximum absolute atomic E-state index is 13.1. The third-order valence-corrected chi connectivity index (χ3v) is 1.87. The molecular weight excluding hydrogens is 225 g/mol. The van der Waals surface area contributed by atoms with Gasteiger partial charge in [-0.3, -0.25) is 4.79 Å². The second kappa shape index (κ2) is 7.38. The van der Waals surface area contributed by atoms with Gasteiger partial charge in [0.1, 0.15) is 12.4 Å². The zero-order chi connectivity index (χ0) is 12.5. The van der Waals surface area contributed by atoms with E-state index in [1.54, 1.807) is 25.1 Å². The summed E-state index contributed by atoms with van der Waals surface area (Å²) in [5.41, 5.74) is 0.337. The highest BCUT2D eigenvalue weighted by Gasteiger charge is 2.00. The fourth-order valence-corrected chi connectivity index (χ4v) is 1.09. The van der Waals surface area contributed by atoms with Crippen LogP contribution in [0.15, 0.2) is 29.4 Å². The first-order chi connectivity index (χ1) is 8.24. The molecule has 0 spiro atoms. The van der Waals surface area contributed by atoms with Crippen LogP contribution in [0, 0.1) is 5.82 Å². The van der Waals surface area contributed by atoms with Crippen molar-refractivity contribution in [3.63, 3.8) is 0 Å². The van der Waals surface area contributed by atoms with Crippen LogP contribution in [0.1, 0.15) is 18.9 Å². The molecule has 92 valence electrons. The van der Waals surface area contributed by atoms with Crippen LogP contribution in [0.25, 0.3) is 0 Å². The van der Waals surface area contributed by atoms with Crippen LogP contribution in [0.4, 0.5) is 4.39 Å². The number of carbonyl (C=O) groups is 1. The summed E-state index contributed by atoms with van der Waals surface area (Å²) in [6.07, 6.45) is 1.39. The molecule has 0 aliphatic carbocycles. The molecule has 0 aliphatic rings. The Kier molecular flexibility index (Phi) is 5.71. The van der Waals surface area contributed by atoms with Crippen molar-refractivity contribution in [2.75, 3.05) is 13.2 Å². The third kappa shape index (κ3) is 5.10. The number of hydrogen-bond acceptors (Lipinski definition) is 4.